The predicted octanol–water partition coefficient (Wildman–Crippen LogP) is 1.62. The Morgan fingerprint density at radius 1 is 1.24 bits per heavy atom. The van der Waals surface area contributed by atoms with Crippen molar-refractivity contribution in [1.29, 1.82) is 0 Å². The number of aromatic nitrogens is 4. The molecular weight excluding hydrogens is 336 g/mol. The fraction of sp³-hybridized carbons (Fsp3) is 0.529. The van der Waals surface area contributed by atoms with Gasteiger partial charge in [-0.25, -0.2) is 4.68 Å². The normalized spacial score (nSPS) is 21.5. The molecule has 1 amide bonds. The third kappa shape index (κ3) is 3.69. The molecule has 1 saturated heterocycles. The molecule has 0 spiro atoms. The van der Waals surface area contributed by atoms with E-state index >= 15 is 0 Å². The Bertz CT molecular complexity index is 732. The maximum Gasteiger partial charge on any atom is 0.233 e. The lowest BCUT2D eigenvalue weighted by Crippen LogP contribution is -2.49. The van der Waals surface area contributed by atoms with Crippen molar-refractivity contribution in [2.75, 3.05) is 32.4 Å². The van der Waals surface area contributed by atoms with Crippen LogP contribution in [0.25, 0.3) is 0 Å². The van der Waals surface area contributed by atoms with Gasteiger partial charge in [0.25, 0.3) is 0 Å². The van der Waals surface area contributed by atoms with Crippen LogP contribution in [0.5, 0.6) is 0 Å². The lowest BCUT2D eigenvalue weighted by Gasteiger charge is -2.40. The van der Waals surface area contributed by atoms with Gasteiger partial charge >= 0.3 is 0 Å². The molecule has 4 rings (SSSR count). The first kappa shape index (κ1) is 16.5. The van der Waals surface area contributed by atoms with Crippen molar-refractivity contribution in [3.05, 3.63) is 35.9 Å². The van der Waals surface area contributed by atoms with Gasteiger partial charge in [0.2, 0.25) is 11.1 Å². The molecule has 1 unspecified atom stereocenters. The zero-order valence-corrected chi connectivity index (χ0v) is 15.1. The number of likely N-dealkylation sites (N-methyl/N-ethyl adjacent to an activating group) is 1. The van der Waals surface area contributed by atoms with Crippen LogP contribution in [-0.2, 0) is 4.79 Å². The summed E-state index contributed by atoms with van der Waals surface area (Å²) < 4.78 is 1.86. The molecule has 2 aliphatic rings. The molecule has 1 aliphatic carbocycles. The summed E-state index contributed by atoms with van der Waals surface area (Å²) in [6.45, 7) is 2.52. The molecule has 0 bridgehead atoms. The van der Waals surface area contributed by atoms with Crippen LogP contribution in [-0.4, -0.2) is 68.3 Å². The number of carbonyl (C=O) groups is 1. The summed E-state index contributed by atoms with van der Waals surface area (Å²) in [5, 5.41) is 12.6. The van der Waals surface area contributed by atoms with Gasteiger partial charge in [0.05, 0.1) is 17.8 Å². The minimum absolute atomic E-state index is 0.104. The molecule has 1 aromatic carbocycles. The second kappa shape index (κ2) is 7.13. The van der Waals surface area contributed by atoms with Gasteiger partial charge < -0.3 is 9.80 Å². The molecule has 1 atom stereocenters. The minimum atomic E-state index is 0.104. The number of benzene rings is 1. The summed E-state index contributed by atoms with van der Waals surface area (Å²) in [4.78, 5) is 17.2. The van der Waals surface area contributed by atoms with E-state index < -0.39 is 0 Å². The van der Waals surface area contributed by atoms with Gasteiger partial charge in [0.1, 0.15) is 0 Å². The fourth-order valence-corrected chi connectivity index (χ4v) is 4.05. The van der Waals surface area contributed by atoms with Gasteiger partial charge in [-0.1, -0.05) is 42.1 Å². The van der Waals surface area contributed by atoms with Crippen molar-refractivity contribution in [2.45, 2.75) is 30.1 Å². The van der Waals surface area contributed by atoms with E-state index in [0.717, 1.165) is 37.6 Å². The summed E-state index contributed by atoms with van der Waals surface area (Å²) in [5.41, 5.74) is 1.19. The van der Waals surface area contributed by atoms with Crippen LogP contribution in [0, 0.1) is 0 Å². The second-order valence-corrected chi connectivity index (χ2v) is 7.64. The Kier molecular flexibility index (Phi) is 4.72. The van der Waals surface area contributed by atoms with Crippen molar-refractivity contribution < 1.29 is 4.79 Å². The van der Waals surface area contributed by atoms with Crippen LogP contribution in [0.4, 0.5) is 0 Å². The van der Waals surface area contributed by atoms with Crippen LogP contribution >= 0.6 is 11.8 Å². The van der Waals surface area contributed by atoms with Crippen LogP contribution in [0.1, 0.15) is 30.5 Å². The summed E-state index contributed by atoms with van der Waals surface area (Å²) >= 11 is 1.44. The lowest BCUT2D eigenvalue weighted by molar-refractivity contribution is -0.133. The van der Waals surface area contributed by atoms with E-state index in [1.807, 2.05) is 27.8 Å². The van der Waals surface area contributed by atoms with Gasteiger partial charge in [-0.2, -0.15) is 0 Å². The summed E-state index contributed by atoms with van der Waals surface area (Å²) in [6, 6.07) is 10.8. The molecule has 132 valence electrons. The van der Waals surface area contributed by atoms with Gasteiger partial charge in [0, 0.05) is 19.6 Å². The van der Waals surface area contributed by atoms with E-state index in [1.54, 1.807) is 0 Å². The Labute approximate surface area is 151 Å². The number of nitrogens with zero attached hydrogens (tertiary/aromatic N) is 6. The molecule has 7 nitrogen and oxygen atoms in total. The van der Waals surface area contributed by atoms with E-state index in [0.29, 0.717) is 11.8 Å². The summed E-state index contributed by atoms with van der Waals surface area (Å²) in [6.07, 6.45) is 2.25. The highest BCUT2D eigenvalue weighted by Crippen LogP contribution is 2.36. The van der Waals surface area contributed by atoms with Crippen LogP contribution in [0.3, 0.4) is 0 Å². The Balaban J connectivity index is 1.44. The van der Waals surface area contributed by atoms with Gasteiger partial charge in [0.15, 0.2) is 0 Å². The van der Waals surface area contributed by atoms with Gasteiger partial charge in [-0.05, 0) is 35.9 Å². The SMILES string of the molecule is CN1CCN(C(=O)CSc2nnnn2C2CC2)C(c2ccccc2)C1. The van der Waals surface area contributed by atoms with Crippen LogP contribution in [0.15, 0.2) is 35.5 Å². The summed E-state index contributed by atoms with van der Waals surface area (Å²) in [5.74, 6) is 0.525. The molecule has 0 radical (unpaired) electrons. The molecule has 25 heavy (non-hydrogen) atoms. The van der Waals surface area contributed by atoms with E-state index in [4.69, 9.17) is 0 Å². The molecule has 2 heterocycles. The lowest BCUT2D eigenvalue weighted by atomic mass is 10.0. The number of hydrogen-bond donors (Lipinski definition) is 0. The number of carbonyl (C=O) groups excluding carboxylic acids is 1. The number of hydrogen-bond acceptors (Lipinski definition) is 6. The Morgan fingerprint density at radius 3 is 2.80 bits per heavy atom. The first-order valence-corrected chi connectivity index (χ1v) is 9.64. The maximum absolute atomic E-state index is 12.9. The van der Waals surface area contributed by atoms with Crippen LogP contribution < -0.4 is 0 Å². The highest BCUT2D eigenvalue weighted by molar-refractivity contribution is 7.99. The zero-order chi connectivity index (χ0) is 17.2. The smallest absolute Gasteiger partial charge is 0.233 e. The molecule has 1 aliphatic heterocycles. The zero-order valence-electron chi connectivity index (χ0n) is 14.3. The quantitative estimate of drug-likeness (QED) is 0.757. The first-order valence-electron chi connectivity index (χ1n) is 8.66. The van der Waals surface area contributed by atoms with E-state index in [9.17, 15) is 4.79 Å². The summed E-state index contributed by atoms with van der Waals surface area (Å²) in [7, 11) is 2.11. The number of rotatable bonds is 5. The van der Waals surface area contributed by atoms with Crippen molar-refractivity contribution in [1.82, 2.24) is 30.0 Å². The third-order valence-corrected chi connectivity index (χ3v) is 5.69. The predicted molar refractivity (Wildman–Crippen MR) is 95.2 cm³/mol. The highest BCUT2D eigenvalue weighted by atomic mass is 32.2. The second-order valence-electron chi connectivity index (χ2n) is 6.70. The Hall–Kier alpha value is -1.93. The molecule has 8 heteroatoms. The standard InChI is InChI=1S/C17H22N6OS/c1-21-9-10-22(15(11-21)13-5-3-2-4-6-13)16(24)12-25-17-18-19-20-23(17)14-7-8-14/h2-6,14-15H,7-12H2,1H3. The van der Waals surface area contributed by atoms with Crippen molar-refractivity contribution in [3.63, 3.8) is 0 Å². The van der Waals surface area contributed by atoms with Gasteiger partial charge in [-0.3, -0.25) is 4.79 Å². The third-order valence-electron chi connectivity index (χ3n) is 4.77. The average molecular weight is 358 g/mol. The van der Waals surface area contributed by atoms with E-state index in [-0.39, 0.29) is 11.9 Å². The van der Waals surface area contributed by atoms with E-state index in [2.05, 4.69) is 39.6 Å². The molecule has 2 aromatic rings. The van der Waals surface area contributed by atoms with Crippen molar-refractivity contribution in [3.8, 4) is 0 Å². The number of tetrazole rings is 1. The number of thioether (sulfide) groups is 1. The van der Waals surface area contributed by atoms with Crippen molar-refractivity contribution >= 4 is 17.7 Å². The fourth-order valence-electron chi connectivity index (χ4n) is 3.22. The largest absolute Gasteiger partial charge is 0.332 e. The van der Waals surface area contributed by atoms with Crippen molar-refractivity contribution in [2.24, 2.45) is 0 Å². The molecule has 2 fully saturated rings. The number of amides is 1. The number of piperazine rings is 1. The topological polar surface area (TPSA) is 67.2 Å². The van der Waals surface area contributed by atoms with Gasteiger partial charge in [-0.15, -0.1) is 5.10 Å². The molecule has 0 N–H and O–H groups in total. The monoisotopic (exact) mass is 358 g/mol. The highest BCUT2D eigenvalue weighted by Gasteiger charge is 2.31. The first-order chi connectivity index (χ1) is 12.2. The molecular formula is C17H22N6OS. The minimum Gasteiger partial charge on any atom is -0.332 e. The maximum atomic E-state index is 12.9. The Morgan fingerprint density at radius 2 is 2.04 bits per heavy atom. The average Bonchev–Trinajstić information content (AvgIpc) is 3.38. The van der Waals surface area contributed by atoms with Crippen LogP contribution in [0.2, 0.25) is 0 Å². The van der Waals surface area contributed by atoms with E-state index in [1.165, 1.54) is 17.3 Å². The molecule has 1 aromatic heterocycles. The molecule has 1 saturated carbocycles.